The lowest BCUT2D eigenvalue weighted by Gasteiger charge is -2.39. The molecule has 30 heavy (non-hydrogen) atoms. The highest BCUT2D eigenvalue weighted by atomic mass is 16.3. The highest BCUT2D eigenvalue weighted by Crippen LogP contribution is 2.32. The predicted octanol–water partition coefficient (Wildman–Crippen LogP) is 3.87. The number of hydrogen-bond donors (Lipinski definition) is 0. The van der Waals surface area contributed by atoms with Crippen LogP contribution in [0, 0.1) is 6.92 Å². The summed E-state index contributed by atoms with van der Waals surface area (Å²) in [6.07, 6.45) is 3.53. The Morgan fingerprint density at radius 3 is 2.53 bits per heavy atom. The molecule has 1 aliphatic rings. The number of furan rings is 1. The van der Waals surface area contributed by atoms with Gasteiger partial charge in [0.1, 0.15) is 6.54 Å². The predicted molar refractivity (Wildman–Crippen MR) is 114 cm³/mol. The summed E-state index contributed by atoms with van der Waals surface area (Å²) < 4.78 is 7.47. The summed E-state index contributed by atoms with van der Waals surface area (Å²) >= 11 is 0. The second-order valence-corrected chi connectivity index (χ2v) is 8.03. The van der Waals surface area contributed by atoms with Gasteiger partial charge in [0.2, 0.25) is 5.91 Å². The Bertz CT molecular complexity index is 1020. The quantitative estimate of drug-likeness (QED) is 0.647. The Hall–Kier alpha value is -3.28. The van der Waals surface area contributed by atoms with E-state index < -0.39 is 0 Å². The van der Waals surface area contributed by atoms with Crippen LogP contribution >= 0.6 is 0 Å². The SMILES string of the molecule is Cc1ccc(C2c3cccn3CCN2C(=O)CN(C(=O)c2ccco2)C(C)C)cc1. The summed E-state index contributed by atoms with van der Waals surface area (Å²) in [6, 6.07) is 15.4. The molecule has 1 atom stereocenters. The molecule has 1 unspecified atom stereocenters. The van der Waals surface area contributed by atoms with Gasteiger partial charge in [-0.25, -0.2) is 0 Å². The van der Waals surface area contributed by atoms with Crippen LogP contribution in [-0.2, 0) is 11.3 Å². The fourth-order valence-electron chi connectivity index (χ4n) is 4.02. The smallest absolute Gasteiger partial charge is 0.290 e. The second kappa shape index (κ2) is 8.22. The van der Waals surface area contributed by atoms with Gasteiger partial charge in [-0.15, -0.1) is 0 Å². The summed E-state index contributed by atoms with van der Waals surface area (Å²) in [4.78, 5) is 29.8. The third-order valence-corrected chi connectivity index (χ3v) is 5.67. The topological polar surface area (TPSA) is 58.7 Å². The highest BCUT2D eigenvalue weighted by molar-refractivity contribution is 5.94. The Morgan fingerprint density at radius 2 is 1.87 bits per heavy atom. The van der Waals surface area contributed by atoms with Gasteiger partial charge in [0.05, 0.1) is 12.3 Å². The molecule has 0 radical (unpaired) electrons. The van der Waals surface area contributed by atoms with Crippen molar-refractivity contribution in [2.24, 2.45) is 0 Å². The molecular weight excluding hydrogens is 378 g/mol. The lowest BCUT2D eigenvalue weighted by atomic mass is 9.98. The second-order valence-electron chi connectivity index (χ2n) is 8.03. The third-order valence-electron chi connectivity index (χ3n) is 5.67. The minimum absolute atomic E-state index is 0.0142. The normalized spacial score (nSPS) is 15.9. The molecule has 0 N–H and O–H groups in total. The van der Waals surface area contributed by atoms with Gasteiger partial charge in [-0.3, -0.25) is 9.59 Å². The van der Waals surface area contributed by atoms with Gasteiger partial charge in [-0.2, -0.15) is 0 Å². The fraction of sp³-hybridized carbons (Fsp3) is 0.333. The van der Waals surface area contributed by atoms with Crippen molar-refractivity contribution in [3.63, 3.8) is 0 Å². The molecule has 0 aliphatic carbocycles. The van der Waals surface area contributed by atoms with E-state index >= 15 is 0 Å². The van der Waals surface area contributed by atoms with Gasteiger partial charge in [-0.1, -0.05) is 29.8 Å². The molecule has 0 saturated heterocycles. The van der Waals surface area contributed by atoms with Crippen LogP contribution in [0.15, 0.2) is 65.4 Å². The lowest BCUT2D eigenvalue weighted by molar-refractivity contribution is -0.135. The molecule has 0 spiro atoms. The number of aryl methyl sites for hydroxylation is 1. The van der Waals surface area contributed by atoms with Crippen molar-refractivity contribution in [2.45, 2.75) is 39.4 Å². The lowest BCUT2D eigenvalue weighted by Crippen LogP contribution is -2.49. The first-order chi connectivity index (χ1) is 14.5. The van der Waals surface area contributed by atoms with Gasteiger partial charge in [-0.05, 0) is 50.6 Å². The molecule has 0 fully saturated rings. The number of amides is 2. The van der Waals surface area contributed by atoms with E-state index in [9.17, 15) is 9.59 Å². The zero-order chi connectivity index (χ0) is 21.3. The Labute approximate surface area is 176 Å². The van der Waals surface area contributed by atoms with Crippen molar-refractivity contribution >= 4 is 11.8 Å². The van der Waals surface area contributed by atoms with Gasteiger partial charge in [0.15, 0.2) is 5.76 Å². The number of aromatic nitrogens is 1. The molecule has 0 bridgehead atoms. The average molecular weight is 405 g/mol. The van der Waals surface area contributed by atoms with E-state index in [0.29, 0.717) is 6.54 Å². The maximum Gasteiger partial charge on any atom is 0.290 e. The molecule has 2 amide bonds. The highest BCUT2D eigenvalue weighted by Gasteiger charge is 2.34. The first-order valence-electron chi connectivity index (χ1n) is 10.3. The van der Waals surface area contributed by atoms with E-state index in [1.54, 1.807) is 17.0 Å². The minimum Gasteiger partial charge on any atom is -0.459 e. The summed E-state index contributed by atoms with van der Waals surface area (Å²) in [6.45, 7) is 7.22. The molecule has 156 valence electrons. The number of carbonyl (C=O) groups excluding carboxylic acids is 2. The molecule has 2 aromatic heterocycles. The van der Waals surface area contributed by atoms with Gasteiger partial charge in [0, 0.05) is 31.0 Å². The number of benzene rings is 1. The van der Waals surface area contributed by atoms with E-state index in [1.165, 1.54) is 11.8 Å². The first kappa shape index (κ1) is 20.0. The zero-order valence-corrected chi connectivity index (χ0v) is 17.6. The van der Waals surface area contributed by atoms with Crippen LogP contribution in [0.25, 0.3) is 0 Å². The van der Waals surface area contributed by atoms with E-state index in [0.717, 1.165) is 17.8 Å². The van der Waals surface area contributed by atoms with Crippen LogP contribution in [0.3, 0.4) is 0 Å². The molecule has 6 nitrogen and oxygen atoms in total. The van der Waals surface area contributed by atoms with Crippen LogP contribution in [-0.4, -0.2) is 45.3 Å². The number of rotatable bonds is 5. The maximum absolute atomic E-state index is 13.5. The van der Waals surface area contributed by atoms with E-state index in [2.05, 4.69) is 48.0 Å². The summed E-state index contributed by atoms with van der Waals surface area (Å²) in [7, 11) is 0. The monoisotopic (exact) mass is 405 g/mol. The molecule has 4 rings (SSSR count). The number of nitrogens with zero attached hydrogens (tertiary/aromatic N) is 3. The van der Waals surface area contributed by atoms with E-state index in [-0.39, 0.29) is 36.2 Å². The van der Waals surface area contributed by atoms with Gasteiger partial charge in [0.25, 0.3) is 5.91 Å². The Kier molecular flexibility index (Phi) is 5.48. The van der Waals surface area contributed by atoms with Crippen LogP contribution in [0.1, 0.15) is 47.3 Å². The van der Waals surface area contributed by atoms with Crippen LogP contribution < -0.4 is 0 Å². The van der Waals surface area contributed by atoms with Crippen LogP contribution in [0.5, 0.6) is 0 Å². The summed E-state index contributed by atoms with van der Waals surface area (Å²) in [5.41, 5.74) is 3.34. The average Bonchev–Trinajstić information content (AvgIpc) is 3.43. The third kappa shape index (κ3) is 3.77. The van der Waals surface area contributed by atoms with E-state index in [4.69, 9.17) is 4.42 Å². The molecule has 3 aromatic rings. The number of hydrogen-bond acceptors (Lipinski definition) is 3. The Morgan fingerprint density at radius 1 is 1.10 bits per heavy atom. The largest absolute Gasteiger partial charge is 0.459 e. The fourth-order valence-corrected chi connectivity index (χ4v) is 4.02. The molecular formula is C24H27N3O3. The van der Waals surface area contributed by atoms with Crippen molar-refractivity contribution < 1.29 is 14.0 Å². The maximum atomic E-state index is 13.5. The molecule has 1 aliphatic heterocycles. The van der Waals surface area contributed by atoms with Crippen molar-refractivity contribution in [1.82, 2.24) is 14.4 Å². The summed E-state index contributed by atoms with van der Waals surface area (Å²) in [5.74, 6) is -0.0867. The van der Waals surface area contributed by atoms with Crippen molar-refractivity contribution in [3.8, 4) is 0 Å². The summed E-state index contributed by atoms with van der Waals surface area (Å²) in [5, 5.41) is 0. The first-order valence-corrected chi connectivity index (χ1v) is 10.3. The minimum atomic E-state index is -0.268. The van der Waals surface area contributed by atoms with Crippen LogP contribution in [0.4, 0.5) is 0 Å². The molecule has 6 heteroatoms. The van der Waals surface area contributed by atoms with Crippen molar-refractivity contribution in [3.05, 3.63) is 83.6 Å². The standard InChI is InChI=1S/C24H27N3O3/c1-17(2)27(24(29)21-7-5-15-30-21)16-22(28)26-14-13-25-12-4-6-20(25)23(26)19-10-8-18(3)9-11-19/h4-12,15,17,23H,13-14,16H2,1-3H3. The number of fused-ring (bicyclic) bond motifs is 1. The molecule has 3 heterocycles. The molecule has 1 aromatic carbocycles. The number of carbonyl (C=O) groups is 2. The van der Waals surface area contributed by atoms with Crippen molar-refractivity contribution in [1.29, 1.82) is 0 Å². The van der Waals surface area contributed by atoms with Gasteiger partial charge < -0.3 is 18.8 Å². The van der Waals surface area contributed by atoms with Gasteiger partial charge >= 0.3 is 0 Å². The van der Waals surface area contributed by atoms with Crippen molar-refractivity contribution in [2.75, 3.05) is 13.1 Å². The zero-order valence-electron chi connectivity index (χ0n) is 17.6. The Balaban J connectivity index is 1.63. The molecule has 0 saturated carbocycles. The van der Waals surface area contributed by atoms with E-state index in [1.807, 2.05) is 24.8 Å². The van der Waals surface area contributed by atoms with Crippen LogP contribution in [0.2, 0.25) is 0 Å².